The Bertz CT molecular complexity index is 1900. The Morgan fingerprint density at radius 3 is 1.95 bits per heavy atom. The van der Waals surface area contributed by atoms with Gasteiger partial charge in [-0.3, -0.25) is 0 Å². The van der Waals surface area contributed by atoms with E-state index in [1.807, 2.05) is 47.7 Å². The molecule has 0 atom stereocenters. The van der Waals surface area contributed by atoms with Crippen molar-refractivity contribution < 1.29 is 28.5 Å². The molecule has 0 saturated carbocycles. The summed E-state index contributed by atoms with van der Waals surface area (Å²) in [5, 5.41) is 2.14. The van der Waals surface area contributed by atoms with Gasteiger partial charge in [0.1, 0.15) is 11.2 Å². The van der Waals surface area contributed by atoms with Crippen molar-refractivity contribution in [3.8, 4) is 23.0 Å². The normalized spacial score (nSPS) is 16.1. The summed E-state index contributed by atoms with van der Waals surface area (Å²) in [6.07, 6.45) is 7.73. The molecule has 3 aromatic heterocycles. The van der Waals surface area contributed by atoms with Crippen molar-refractivity contribution in [3.05, 3.63) is 53.2 Å². The third-order valence-electron chi connectivity index (χ3n) is 10.5. The van der Waals surface area contributed by atoms with Crippen LogP contribution in [0.3, 0.4) is 0 Å². The van der Waals surface area contributed by atoms with Crippen molar-refractivity contribution in [3.63, 3.8) is 0 Å². The number of carbonyl (C=O) groups excluding carboxylic acids is 2. The van der Waals surface area contributed by atoms with Gasteiger partial charge in [0.05, 0.1) is 29.1 Å². The van der Waals surface area contributed by atoms with Crippen LogP contribution in [-0.2, 0) is 35.9 Å². The van der Waals surface area contributed by atoms with Crippen molar-refractivity contribution in [1.29, 1.82) is 0 Å². The van der Waals surface area contributed by atoms with Crippen LogP contribution >= 0.6 is 11.3 Å². The van der Waals surface area contributed by atoms with Crippen LogP contribution in [0.1, 0.15) is 91.8 Å². The summed E-state index contributed by atoms with van der Waals surface area (Å²) in [5.74, 6) is 3.19. The van der Waals surface area contributed by atoms with Gasteiger partial charge in [-0.25, -0.2) is 14.6 Å². The van der Waals surface area contributed by atoms with Crippen LogP contribution in [0.4, 0.5) is 9.59 Å². The number of amides is 2. The van der Waals surface area contributed by atoms with Crippen molar-refractivity contribution in [2.24, 2.45) is 18.9 Å². The van der Waals surface area contributed by atoms with E-state index in [9.17, 15) is 9.59 Å². The van der Waals surface area contributed by atoms with Crippen LogP contribution in [0.15, 0.2) is 41.9 Å². The van der Waals surface area contributed by atoms with Crippen LogP contribution in [0.25, 0.3) is 21.7 Å². The van der Waals surface area contributed by atoms with Crippen LogP contribution in [0, 0.1) is 11.8 Å². The maximum Gasteiger partial charge on any atom is 0.410 e. The van der Waals surface area contributed by atoms with Gasteiger partial charge in [0.25, 0.3) is 0 Å². The molecule has 12 heteroatoms. The number of aromatic nitrogens is 3. The highest BCUT2D eigenvalue weighted by atomic mass is 32.1. The molecule has 0 unspecified atom stereocenters. The summed E-state index contributed by atoms with van der Waals surface area (Å²) < 4.78 is 30.2. The van der Waals surface area contributed by atoms with Gasteiger partial charge in [-0.2, -0.15) is 0 Å². The summed E-state index contributed by atoms with van der Waals surface area (Å²) in [4.78, 5) is 33.7. The lowest BCUT2D eigenvalue weighted by atomic mass is 9.98. The molecule has 2 amide bonds. The van der Waals surface area contributed by atoms with E-state index in [2.05, 4.69) is 58.8 Å². The van der Waals surface area contributed by atoms with Crippen LogP contribution in [0.2, 0.25) is 0 Å². The molecule has 2 aliphatic heterocycles. The third-order valence-corrected chi connectivity index (χ3v) is 11.4. The Kier molecular flexibility index (Phi) is 12.7. The van der Waals surface area contributed by atoms with E-state index >= 15 is 0 Å². The van der Waals surface area contributed by atoms with Crippen molar-refractivity contribution >= 4 is 33.7 Å². The summed E-state index contributed by atoms with van der Waals surface area (Å²) in [7, 11) is 2.12. The maximum absolute atomic E-state index is 12.6. The summed E-state index contributed by atoms with van der Waals surface area (Å²) in [6.45, 7) is 18.2. The highest BCUT2D eigenvalue weighted by Gasteiger charge is 2.29. The van der Waals surface area contributed by atoms with E-state index in [-0.39, 0.29) is 12.2 Å². The average molecular weight is 776 g/mol. The Morgan fingerprint density at radius 2 is 1.40 bits per heavy atom. The minimum absolute atomic E-state index is 0.245. The minimum Gasteiger partial charge on any atom is -0.489 e. The number of likely N-dealkylation sites (tertiary alicyclic amines) is 2. The molecule has 5 heterocycles. The fourth-order valence-corrected chi connectivity index (χ4v) is 8.27. The number of carbonyl (C=O) groups is 2. The van der Waals surface area contributed by atoms with Gasteiger partial charge in [0.2, 0.25) is 0 Å². The highest BCUT2D eigenvalue weighted by Crippen LogP contribution is 2.34. The SMILES string of the molecule is CCc1cnc(-c2cc3sccc3n2C)n1CCCc1ccc(OCC2CCN(C(=O)OC(C)(C)C)CC2)c(OCC2CCN(C(=O)OC(C)(C)C)CC2)c1. The van der Waals surface area contributed by atoms with E-state index in [0.29, 0.717) is 51.2 Å². The second kappa shape index (κ2) is 17.3. The molecule has 0 spiro atoms. The Balaban J connectivity index is 1.10. The molecular formula is C43H61N5O6S. The van der Waals surface area contributed by atoms with Crippen LogP contribution in [-0.4, -0.2) is 86.7 Å². The van der Waals surface area contributed by atoms with Gasteiger partial charge in [0.15, 0.2) is 17.3 Å². The monoisotopic (exact) mass is 775 g/mol. The first-order valence-electron chi connectivity index (χ1n) is 20.1. The molecule has 4 aromatic rings. The van der Waals surface area contributed by atoms with E-state index < -0.39 is 11.2 Å². The number of piperidine rings is 2. The molecule has 6 rings (SSSR count). The van der Waals surface area contributed by atoms with Crippen molar-refractivity contribution in [2.45, 2.75) is 111 Å². The lowest BCUT2D eigenvalue weighted by Gasteiger charge is -2.33. The lowest BCUT2D eigenvalue weighted by Crippen LogP contribution is -2.42. The van der Waals surface area contributed by atoms with Crippen LogP contribution < -0.4 is 9.47 Å². The molecule has 0 aliphatic carbocycles. The molecule has 0 N–H and O–H groups in total. The average Bonchev–Trinajstić information content (AvgIpc) is 3.85. The number of nitrogens with zero attached hydrogens (tertiary/aromatic N) is 5. The largest absolute Gasteiger partial charge is 0.489 e. The first-order valence-corrected chi connectivity index (χ1v) is 21.0. The van der Waals surface area contributed by atoms with Gasteiger partial charge in [-0.15, -0.1) is 11.3 Å². The van der Waals surface area contributed by atoms with Crippen molar-refractivity contribution in [2.75, 3.05) is 39.4 Å². The third kappa shape index (κ3) is 10.6. The summed E-state index contributed by atoms with van der Waals surface area (Å²) in [5.41, 5.74) is 3.81. The van der Waals surface area contributed by atoms with E-state index in [4.69, 9.17) is 23.9 Å². The fraction of sp³-hybridized carbons (Fsp3) is 0.605. The topological polar surface area (TPSA) is 100 Å². The number of hydrogen-bond donors (Lipinski definition) is 0. The van der Waals surface area contributed by atoms with E-state index in [0.717, 1.165) is 74.5 Å². The number of imidazole rings is 1. The first kappa shape index (κ1) is 40.5. The Labute approximate surface area is 330 Å². The number of rotatable bonds is 12. The van der Waals surface area contributed by atoms with E-state index in [1.54, 1.807) is 21.1 Å². The second-order valence-electron chi connectivity index (χ2n) is 17.2. The second-order valence-corrected chi connectivity index (χ2v) is 18.1. The quantitative estimate of drug-likeness (QED) is 0.141. The van der Waals surface area contributed by atoms with Gasteiger partial charge in [-0.05, 0) is 134 Å². The molecule has 2 aliphatic rings. The number of hydrogen-bond acceptors (Lipinski definition) is 8. The Morgan fingerprint density at radius 1 is 0.818 bits per heavy atom. The molecule has 1 aromatic carbocycles. The lowest BCUT2D eigenvalue weighted by molar-refractivity contribution is 0.0150. The molecule has 2 saturated heterocycles. The zero-order valence-corrected chi connectivity index (χ0v) is 35.0. The predicted molar refractivity (Wildman–Crippen MR) is 218 cm³/mol. The smallest absolute Gasteiger partial charge is 0.410 e. The highest BCUT2D eigenvalue weighted by molar-refractivity contribution is 7.17. The number of fused-ring (bicyclic) bond motifs is 1. The Hall–Kier alpha value is -4.19. The van der Waals surface area contributed by atoms with E-state index in [1.165, 1.54) is 21.5 Å². The number of benzene rings is 1. The molecule has 11 nitrogen and oxygen atoms in total. The van der Waals surface area contributed by atoms with Crippen molar-refractivity contribution in [1.82, 2.24) is 23.9 Å². The number of ether oxygens (including phenoxy) is 4. The standard InChI is InChI=1S/C43H61N5O6S/c1-9-33-27-44-39(35-26-38-34(45(35)8)18-24-55-38)48(33)19-10-11-30-12-13-36(51-28-31-14-20-46(21-15-31)40(49)53-42(2,3)4)37(25-30)52-29-32-16-22-47(23-17-32)41(50)54-43(5,6)7/h12-13,18,24-27,31-32H,9-11,14-17,19-23,28-29H2,1-8H3. The zero-order valence-electron chi connectivity index (χ0n) is 34.2. The van der Waals surface area contributed by atoms with Gasteiger partial charge in [-0.1, -0.05) is 13.0 Å². The fourth-order valence-electron chi connectivity index (χ4n) is 7.43. The summed E-state index contributed by atoms with van der Waals surface area (Å²) >= 11 is 1.76. The minimum atomic E-state index is -0.508. The predicted octanol–water partition coefficient (Wildman–Crippen LogP) is 9.35. The van der Waals surface area contributed by atoms with Gasteiger partial charge in [0, 0.05) is 51.7 Å². The zero-order chi connectivity index (χ0) is 39.3. The molecule has 300 valence electrons. The molecule has 0 radical (unpaired) electrons. The van der Waals surface area contributed by atoms with Gasteiger partial charge < -0.3 is 37.9 Å². The first-order chi connectivity index (χ1) is 26.2. The maximum atomic E-state index is 12.6. The van der Waals surface area contributed by atoms with Gasteiger partial charge >= 0.3 is 12.2 Å². The molecule has 55 heavy (non-hydrogen) atoms. The number of thiophene rings is 1. The number of aryl methyl sites for hydroxylation is 3. The molecule has 2 fully saturated rings. The molecule has 0 bridgehead atoms. The summed E-state index contributed by atoms with van der Waals surface area (Å²) in [6, 6.07) is 10.8. The molecular weight excluding hydrogens is 715 g/mol. The van der Waals surface area contributed by atoms with Crippen LogP contribution in [0.5, 0.6) is 11.5 Å².